The number of anilines is 2. The zero-order chi connectivity index (χ0) is 23.4. The Labute approximate surface area is 184 Å². The topological polar surface area (TPSA) is 109 Å². The van der Waals surface area contributed by atoms with Crippen molar-refractivity contribution >= 4 is 29.5 Å². The summed E-state index contributed by atoms with van der Waals surface area (Å²) in [5.74, 6) is 0.122. The van der Waals surface area contributed by atoms with Crippen LogP contribution in [-0.2, 0) is 9.47 Å². The minimum atomic E-state index is -0.768. The molecule has 0 aliphatic carbocycles. The summed E-state index contributed by atoms with van der Waals surface area (Å²) in [6.45, 7) is 15.0. The maximum atomic E-state index is 12.3. The molecule has 9 heteroatoms. The van der Waals surface area contributed by atoms with Gasteiger partial charge in [-0.2, -0.15) is 0 Å². The van der Waals surface area contributed by atoms with Gasteiger partial charge < -0.3 is 25.0 Å². The molecule has 172 valence electrons. The van der Waals surface area contributed by atoms with Crippen molar-refractivity contribution in [2.24, 2.45) is 4.99 Å². The van der Waals surface area contributed by atoms with E-state index in [4.69, 9.17) is 15.2 Å². The van der Waals surface area contributed by atoms with Gasteiger partial charge >= 0.3 is 12.2 Å². The molecule has 0 aromatic heterocycles. The van der Waals surface area contributed by atoms with Gasteiger partial charge in [0.15, 0.2) is 0 Å². The van der Waals surface area contributed by atoms with E-state index in [1.54, 1.807) is 41.5 Å². The predicted molar refractivity (Wildman–Crippen MR) is 122 cm³/mol. The van der Waals surface area contributed by atoms with Crippen LogP contribution in [-0.4, -0.2) is 60.4 Å². The van der Waals surface area contributed by atoms with Crippen LogP contribution in [0.4, 0.5) is 21.0 Å². The van der Waals surface area contributed by atoms with Crippen molar-refractivity contribution in [1.82, 2.24) is 10.2 Å². The van der Waals surface area contributed by atoms with Gasteiger partial charge in [-0.3, -0.25) is 5.32 Å². The number of carbonyl (C=O) groups is 2. The van der Waals surface area contributed by atoms with Crippen LogP contribution in [0, 0.1) is 6.92 Å². The van der Waals surface area contributed by atoms with Gasteiger partial charge in [0.2, 0.25) is 5.96 Å². The van der Waals surface area contributed by atoms with Gasteiger partial charge in [-0.15, -0.1) is 4.99 Å². The van der Waals surface area contributed by atoms with Gasteiger partial charge in [-0.1, -0.05) is 0 Å². The molecule has 1 saturated heterocycles. The zero-order valence-electron chi connectivity index (χ0n) is 19.6. The van der Waals surface area contributed by atoms with Crippen molar-refractivity contribution in [3.63, 3.8) is 0 Å². The minimum Gasteiger partial charge on any atom is -0.444 e. The normalized spacial score (nSPS) is 15.5. The lowest BCUT2D eigenvalue weighted by atomic mass is 10.1. The summed E-state index contributed by atoms with van der Waals surface area (Å²) in [5, 5.41) is 2.61. The first kappa shape index (κ1) is 24.3. The van der Waals surface area contributed by atoms with Crippen molar-refractivity contribution in [3.8, 4) is 0 Å². The minimum absolute atomic E-state index is 0.122. The smallest absolute Gasteiger partial charge is 0.437 e. The number of nitrogens with two attached hydrogens (primary N) is 1. The second-order valence-electron chi connectivity index (χ2n) is 9.56. The first-order chi connectivity index (χ1) is 14.2. The largest absolute Gasteiger partial charge is 0.444 e. The number of aliphatic imine (C=N–C) groups is 1. The molecule has 0 bridgehead atoms. The van der Waals surface area contributed by atoms with E-state index in [-0.39, 0.29) is 5.96 Å². The predicted octanol–water partition coefficient (Wildman–Crippen LogP) is 3.52. The van der Waals surface area contributed by atoms with E-state index in [9.17, 15) is 9.59 Å². The van der Waals surface area contributed by atoms with Crippen molar-refractivity contribution in [1.29, 1.82) is 0 Å². The van der Waals surface area contributed by atoms with E-state index in [1.165, 1.54) is 0 Å². The van der Waals surface area contributed by atoms with Crippen LogP contribution in [0.2, 0.25) is 0 Å². The molecule has 31 heavy (non-hydrogen) atoms. The summed E-state index contributed by atoms with van der Waals surface area (Å²) < 4.78 is 10.6. The van der Waals surface area contributed by atoms with Gasteiger partial charge in [0.05, 0.1) is 0 Å². The summed E-state index contributed by atoms with van der Waals surface area (Å²) in [5.41, 5.74) is 7.42. The fourth-order valence-electron chi connectivity index (χ4n) is 2.98. The first-order valence-corrected chi connectivity index (χ1v) is 10.4. The molecule has 0 radical (unpaired) electrons. The van der Waals surface area contributed by atoms with E-state index >= 15 is 0 Å². The maximum absolute atomic E-state index is 12.3. The van der Waals surface area contributed by atoms with E-state index in [1.807, 2.05) is 24.0 Å². The average molecular weight is 434 g/mol. The molecule has 1 heterocycles. The number of nitrogen functional groups attached to an aromatic ring is 1. The number of piperazine rings is 1. The van der Waals surface area contributed by atoms with Crippen LogP contribution >= 0.6 is 0 Å². The Morgan fingerprint density at radius 2 is 1.58 bits per heavy atom. The van der Waals surface area contributed by atoms with Crippen molar-refractivity contribution < 1.29 is 19.1 Å². The van der Waals surface area contributed by atoms with Gasteiger partial charge in [-0.05, 0) is 72.2 Å². The second kappa shape index (κ2) is 9.45. The zero-order valence-corrected chi connectivity index (χ0v) is 19.6. The number of alkyl carbamates (subject to hydrolysis) is 1. The van der Waals surface area contributed by atoms with Gasteiger partial charge in [0, 0.05) is 37.6 Å². The molecule has 3 N–H and O–H groups in total. The van der Waals surface area contributed by atoms with Crippen LogP contribution in [0.15, 0.2) is 23.2 Å². The molecule has 0 spiro atoms. The highest BCUT2D eigenvalue weighted by Gasteiger charge is 2.26. The lowest BCUT2D eigenvalue weighted by Gasteiger charge is -2.37. The molecule has 1 aliphatic rings. The number of amides is 2. The number of rotatable bonds is 1. The van der Waals surface area contributed by atoms with Gasteiger partial charge in [-0.25, -0.2) is 9.59 Å². The van der Waals surface area contributed by atoms with Crippen molar-refractivity contribution in [2.75, 3.05) is 36.8 Å². The monoisotopic (exact) mass is 433 g/mol. The Kier molecular flexibility index (Phi) is 7.41. The fraction of sp³-hybridized carbons (Fsp3) is 0.591. The lowest BCUT2D eigenvalue weighted by molar-refractivity contribution is 0.0554. The van der Waals surface area contributed by atoms with Crippen LogP contribution in [0.3, 0.4) is 0 Å². The fourth-order valence-corrected chi connectivity index (χ4v) is 2.98. The van der Waals surface area contributed by atoms with E-state index in [0.29, 0.717) is 26.2 Å². The molecular formula is C22H35N5O4. The number of carbonyl (C=O) groups excluding carboxylic acids is 2. The van der Waals surface area contributed by atoms with Crippen LogP contribution in [0.25, 0.3) is 0 Å². The molecule has 9 nitrogen and oxygen atoms in total. The second-order valence-corrected chi connectivity index (χ2v) is 9.56. The summed E-state index contributed by atoms with van der Waals surface area (Å²) >= 11 is 0. The quantitative estimate of drug-likeness (QED) is 0.396. The van der Waals surface area contributed by atoms with E-state index in [2.05, 4.69) is 21.3 Å². The highest BCUT2D eigenvalue weighted by atomic mass is 16.6. The lowest BCUT2D eigenvalue weighted by Crippen LogP contribution is -2.54. The van der Waals surface area contributed by atoms with Crippen LogP contribution < -0.4 is 16.0 Å². The number of hydrogen-bond acceptors (Lipinski definition) is 6. The van der Waals surface area contributed by atoms with Crippen molar-refractivity contribution in [3.05, 3.63) is 23.8 Å². The third kappa shape index (κ3) is 7.99. The summed E-state index contributed by atoms with van der Waals surface area (Å²) in [7, 11) is 0. The van der Waals surface area contributed by atoms with Crippen LogP contribution in [0.5, 0.6) is 0 Å². The number of nitrogens with one attached hydrogen (secondary N) is 1. The molecule has 1 aromatic rings. The molecule has 0 unspecified atom stereocenters. The maximum Gasteiger partial charge on any atom is 0.437 e. The number of aryl methyl sites for hydroxylation is 1. The SMILES string of the molecule is Cc1cc(N2CCN(/C(=N/C(=O)OC(C)(C)C)NC(=O)OC(C)(C)C)CC2)ccc1N. The van der Waals surface area contributed by atoms with E-state index in [0.717, 1.165) is 16.9 Å². The Bertz CT molecular complexity index is 831. The Balaban J connectivity index is 2.13. The highest BCUT2D eigenvalue weighted by Crippen LogP contribution is 2.22. The molecule has 1 aromatic carbocycles. The first-order valence-electron chi connectivity index (χ1n) is 10.4. The summed E-state index contributed by atoms with van der Waals surface area (Å²) in [6, 6.07) is 5.95. The van der Waals surface area contributed by atoms with Crippen LogP contribution in [0.1, 0.15) is 47.1 Å². The highest BCUT2D eigenvalue weighted by molar-refractivity contribution is 5.99. The molecule has 0 atom stereocenters. The third-order valence-electron chi connectivity index (χ3n) is 4.40. The third-order valence-corrected chi connectivity index (χ3v) is 4.40. The molecule has 2 rings (SSSR count). The van der Waals surface area contributed by atoms with E-state index < -0.39 is 23.4 Å². The number of benzene rings is 1. The molecule has 0 saturated carbocycles. The molecule has 1 aliphatic heterocycles. The molecule has 1 fully saturated rings. The number of hydrogen-bond donors (Lipinski definition) is 2. The summed E-state index contributed by atoms with van der Waals surface area (Å²) in [6.07, 6.45) is -1.44. The Morgan fingerprint density at radius 1 is 1.00 bits per heavy atom. The molecule has 2 amide bonds. The number of ether oxygens (including phenoxy) is 2. The van der Waals surface area contributed by atoms with Crippen molar-refractivity contribution in [2.45, 2.75) is 59.7 Å². The number of nitrogens with zero attached hydrogens (tertiary/aromatic N) is 3. The Hall–Kier alpha value is -2.97. The molecular weight excluding hydrogens is 398 g/mol. The Morgan fingerprint density at radius 3 is 2.10 bits per heavy atom. The van der Waals surface area contributed by atoms with Gasteiger partial charge in [0.25, 0.3) is 0 Å². The van der Waals surface area contributed by atoms with Gasteiger partial charge in [0.1, 0.15) is 11.2 Å². The summed E-state index contributed by atoms with van der Waals surface area (Å²) in [4.78, 5) is 32.7. The average Bonchev–Trinajstić information content (AvgIpc) is 2.60. The standard InChI is InChI=1S/C22H35N5O4/c1-15-14-16(8-9-17(15)23)26-10-12-27(13-11-26)18(24-19(28)30-21(2,3)4)25-20(29)31-22(5,6)7/h8-9,14H,10-13,23H2,1-7H3,(H,24,25,28,29). The number of guanidine groups is 1.